The second-order valence-corrected chi connectivity index (χ2v) is 6.67. The van der Waals surface area contributed by atoms with Gasteiger partial charge in [-0.3, -0.25) is 4.79 Å². The molecule has 134 valence electrons. The fourth-order valence-electron chi connectivity index (χ4n) is 3.09. The van der Waals surface area contributed by atoms with Gasteiger partial charge in [0.05, 0.1) is 25.9 Å². The van der Waals surface area contributed by atoms with Gasteiger partial charge in [-0.1, -0.05) is 30.3 Å². The molecule has 6 heteroatoms. The number of carbonyl (C=O) groups is 1. The van der Waals surface area contributed by atoms with Crippen molar-refractivity contribution in [1.29, 1.82) is 0 Å². The molecule has 1 fully saturated rings. The van der Waals surface area contributed by atoms with Crippen LogP contribution in [0, 0.1) is 5.92 Å². The largest absolute Gasteiger partial charge is 0.394 e. The maximum atomic E-state index is 12.4. The number of aliphatic hydroxyl groups is 3. The van der Waals surface area contributed by atoms with E-state index in [4.69, 9.17) is 0 Å². The molecule has 1 saturated heterocycles. The molecule has 24 heavy (non-hydrogen) atoms. The average molecular weight is 336 g/mol. The van der Waals surface area contributed by atoms with Crippen molar-refractivity contribution in [2.45, 2.75) is 37.3 Å². The van der Waals surface area contributed by atoms with Crippen molar-refractivity contribution in [2.24, 2.45) is 5.92 Å². The summed E-state index contributed by atoms with van der Waals surface area (Å²) in [5, 5.41) is 33.8. The molecule has 1 aromatic rings. The summed E-state index contributed by atoms with van der Waals surface area (Å²) in [7, 11) is 0. The van der Waals surface area contributed by atoms with Crippen LogP contribution in [0.15, 0.2) is 30.3 Å². The number of carbonyl (C=O) groups excluding carboxylic acids is 1. The van der Waals surface area contributed by atoms with Gasteiger partial charge in [-0.2, -0.15) is 0 Å². The van der Waals surface area contributed by atoms with Crippen LogP contribution in [-0.2, 0) is 11.2 Å². The number of aryl methyl sites for hydroxylation is 1. The van der Waals surface area contributed by atoms with Crippen LogP contribution in [-0.4, -0.2) is 59.2 Å². The molecule has 6 nitrogen and oxygen atoms in total. The van der Waals surface area contributed by atoms with Crippen LogP contribution in [0.4, 0.5) is 0 Å². The molecule has 1 aliphatic heterocycles. The maximum absolute atomic E-state index is 12.4. The normalized spacial score (nSPS) is 21.5. The Kier molecular flexibility index (Phi) is 7.17. The third kappa shape index (κ3) is 5.01. The molecule has 0 aliphatic carbocycles. The van der Waals surface area contributed by atoms with E-state index >= 15 is 0 Å². The van der Waals surface area contributed by atoms with E-state index in [1.165, 1.54) is 5.56 Å². The molecule has 5 N–H and O–H groups in total. The van der Waals surface area contributed by atoms with Crippen molar-refractivity contribution in [3.63, 3.8) is 0 Å². The Morgan fingerprint density at radius 2 is 1.83 bits per heavy atom. The molecular weight excluding hydrogens is 308 g/mol. The van der Waals surface area contributed by atoms with Crippen LogP contribution in [0.25, 0.3) is 0 Å². The van der Waals surface area contributed by atoms with Crippen molar-refractivity contribution < 1.29 is 20.1 Å². The predicted molar refractivity (Wildman–Crippen MR) is 91.4 cm³/mol. The van der Waals surface area contributed by atoms with E-state index in [0.29, 0.717) is 5.92 Å². The summed E-state index contributed by atoms with van der Waals surface area (Å²) >= 11 is 0. The molecule has 1 amide bonds. The highest BCUT2D eigenvalue weighted by Crippen LogP contribution is 2.22. The molecule has 2 unspecified atom stereocenters. The Balaban J connectivity index is 1.86. The van der Waals surface area contributed by atoms with Crippen LogP contribution in [0.1, 0.15) is 24.8 Å². The van der Waals surface area contributed by atoms with Gasteiger partial charge in [-0.05, 0) is 43.7 Å². The number of amides is 1. The fraction of sp³-hybridized carbons (Fsp3) is 0.611. The number of hydrogen-bond donors (Lipinski definition) is 5. The lowest BCUT2D eigenvalue weighted by Crippen LogP contribution is -2.61. The highest BCUT2D eigenvalue weighted by Gasteiger charge is 2.34. The minimum atomic E-state index is -1.37. The van der Waals surface area contributed by atoms with Gasteiger partial charge in [0.25, 0.3) is 0 Å². The summed E-state index contributed by atoms with van der Waals surface area (Å²) in [6, 6.07) is 9.94. The predicted octanol–water partition coefficient (Wildman–Crippen LogP) is -0.181. The molecule has 1 aliphatic rings. The van der Waals surface area contributed by atoms with Crippen molar-refractivity contribution in [3.8, 4) is 0 Å². The third-order valence-corrected chi connectivity index (χ3v) is 4.81. The molecule has 0 spiro atoms. The number of piperidine rings is 1. The molecule has 2 rings (SSSR count). The summed E-state index contributed by atoms with van der Waals surface area (Å²) in [4.78, 5) is 12.4. The quantitative estimate of drug-likeness (QED) is 0.453. The molecule has 1 heterocycles. The van der Waals surface area contributed by atoms with Gasteiger partial charge in [0.1, 0.15) is 5.54 Å². The highest BCUT2D eigenvalue weighted by molar-refractivity contribution is 5.82. The molecular formula is C18H28N2O4. The van der Waals surface area contributed by atoms with Gasteiger partial charge in [0, 0.05) is 0 Å². The molecule has 0 bridgehead atoms. The monoisotopic (exact) mass is 336 g/mol. The Bertz CT molecular complexity index is 497. The molecule has 2 atom stereocenters. The zero-order valence-corrected chi connectivity index (χ0v) is 13.9. The summed E-state index contributed by atoms with van der Waals surface area (Å²) in [5.41, 5.74) is -0.0627. The first-order valence-corrected chi connectivity index (χ1v) is 8.54. The van der Waals surface area contributed by atoms with Crippen LogP contribution in [0.3, 0.4) is 0 Å². The third-order valence-electron chi connectivity index (χ3n) is 4.81. The lowest BCUT2D eigenvalue weighted by atomic mass is 9.87. The zero-order chi connectivity index (χ0) is 17.4. The van der Waals surface area contributed by atoms with E-state index in [9.17, 15) is 20.1 Å². The van der Waals surface area contributed by atoms with Crippen LogP contribution in [0.5, 0.6) is 0 Å². The van der Waals surface area contributed by atoms with E-state index in [2.05, 4.69) is 22.8 Å². The van der Waals surface area contributed by atoms with Crippen molar-refractivity contribution in [2.75, 3.05) is 26.4 Å². The number of benzene rings is 1. The summed E-state index contributed by atoms with van der Waals surface area (Å²) in [5.74, 6) is 0.172. The number of aliphatic hydroxyl groups excluding tert-OH is 3. The second kappa shape index (κ2) is 9.13. The van der Waals surface area contributed by atoms with E-state index in [1.54, 1.807) is 0 Å². The number of hydrogen-bond acceptors (Lipinski definition) is 5. The van der Waals surface area contributed by atoms with Gasteiger partial charge in [-0.15, -0.1) is 0 Å². The van der Waals surface area contributed by atoms with Gasteiger partial charge in [0.2, 0.25) is 5.91 Å². The molecule has 0 saturated carbocycles. The lowest BCUT2D eigenvalue weighted by molar-refractivity contribution is -0.128. The zero-order valence-electron chi connectivity index (χ0n) is 13.9. The van der Waals surface area contributed by atoms with Crippen molar-refractivity contribution in [1.82, 2.24) is 10.6 Å². The van der Waals surface area contributed by atoms with E-state index in [1.807, 2.05) is 18.2 Å². The highest BCUT2D eigenvalue weighted by atomic mass is 16.3. The first-order valence-electron chi connectivity index (χ1n) is 8.54. The van der Waals surface area contributed by atoms with Gasteiger partial charge < -0.3 is 26.0 Å². The Labute approximate surface area is 142 Å². The SMILES string of the molecule is O=C(NC(CO)(CO)CO)C1CC(CCc2ccccc2)CCN1. The van der Waals surface area contributed by atoms with Crippen LogP contribution in [0.2, 0.25) is 0 Å². The Hall–Kier alpha value is -1.47. The van der Waals surface area contributed by atoms with Gasteiger partial charge in [0.15, 0.2) is 0 Å². The molecule has 0 radical (unpaired) electrons. The van der Waals surface area contributed by atoms with E-state index in [0.717, 1.165) is 32.2 Å². The summed E-state index contributed by atoms with van der Waals surface area (Å²) < 4.78 is 0. The summed E-state index contributed by atoms with van der Waals surface area (Å²) in [6.45, 7) is -0.746. The van der Waals surface area contributed by atoms with Crippen molar-refractivity contribution >= 4 is 5.91 Å². The number of rotatable bonds is 8. The fourth-order valence-corrected chi connectivity index (χ4v) is 3.09. The number of nitrogens with one attached hydrogen (secondary N) is 2. The van der Waals surface area contributed by atoms with Gasteiger partial charge in [-0.25, -0.2) is 0 Å². The van der Waals surface area contributed by atoms with Crippen molar-refractivity contribution in [3.05, 3.63) is 35.9 Å². The van der Waals surface area contributed by atoms with Gasteiger partial charge >= 0.3 is 0 Å². The minimum Gasteiger partial charge on any atom is -0.394 e. The minimum absolute atomic E-state index is 0.281. The molecule has 0 aromatic heterocycles. The van der Waals surface area contributed by atoms with Crippen LogP contribution < -0.4 is 10.6 Å². The van der Waals surface area contributed by atoms with Crippen LogP contribution >= 0.6 is 0 Å². The topological polar surface area (TPSA) is 102 Å². The first kappa shape index (κ1) is 18.9. The molecule has 1 aromatic carbocycles. The first-order chi connectivity index (χ1) is 11.6. The second-order valence-electron chi connectivity index (χ2n) is 6.67. The summed E-state index contributed by atoms with van der Waals surface area (Å²) in [6.07, 6.45) is 3.77. The average Bonchev–Trinajstić information content (AvgIpc) is 2.65. The Morgan fingerprint density at radius 1 is 1.17 bits per heavy atom. The Morgan fingerprint density at radius 3 is 2.46 bits per heavy atom. The smallest absolute Gasteiger partial charge is 0.237 e. The lowest BCUT2D eigenvalue weighted by Gasteiger charge is -2.34. The van der Waals surface area contributed by atoms with E-state index in [-0.39, 0.29) is 11.9 Å². The standard InChI is InChI=1S/C18H28N2O4/c21-11-18(12-22,13-23)20-17(24)16-10-15(8-9-19-16)7-6-14-4-2-1-3-5-14/h1-5,15-16,19,21-23H,6-13H2,(H,20,24). The van der Waals surface area contributed by atoms with E-state index < -0.39 is 25.4 Å². The maximum Gasteiger partial charge on any atom is 0.237 e.